The molecule has 26 heavy (non-hydrogen) atoms. The smallest absolute Gasteiger partial charge is 0.255 e. The molecule has 1 aromatic carbocycles. The molecule has 2 aliphatic heterocycles. The minimum atomic E-state index is -0.604. The first-order valence-electron chi connectivity index (χ1n) is 8.99. The van der Waals surface area contributed by atoms with Crippen molar-refractivity contribution in [1.29, 1.82) is 0 Å². The normalized spacial score (nSPS) is 28.3. The van der Waals surface area contributed by atoms with Gasteiger partial charge in [0.25, 0.3) is 5.91 Å². The minimum Gasteiger partial charge on any atom is -0.486 e. The number of allylic oxidation sites excluding steroid dienone is 1. The number of hydrogen-bond donors (Lipinski definition) is 2. The van der Waals surface area contributed by atoms with Crippen LogP contribution in [-0.4, -0.2) is 34.9 Å². The highest BCUT2D eigenvalue weighted by atomic mass is 19.1. The predicted octanol–water partition coefficient (Wildman–Crippen LogP) is 1.83. The molecule has 4 rings (SSSR count). The van der Waals surface area contributed by atoms with Gasteiger partial charge in [0.2, 0.25) is 5.91 Å². The Kier molecular flexibility index (Phi) is 4.19. The Hall–Kier alpha value is -2.41. The number of rotatable bonds is 3. The average molecular weight is 359 g/mol. The first-order valence-corrected chi connectivity index (χ1v) is 8.99. The lowest BCUT2D eigenvalue weighted by atomic mass is 10.0. The lowest BCUT2D eigenvalue weighted by Gasteiger charge is -2.30. The Labute approximate surface area is 151 Å². The molecule has 3 aliphatic rings. The maximum Gasteiger partial charge on any atom is 0.255 e. The number of carbonyl (C=O) groups is 2. The molecule has 7 heteroatoms. The lowest BCUT2D eigenvalue weighted by Crippen LogP contribution is -2.49. The van der Waals surface area contributed by atoms with Gasteiger partial charge in [-0.05, 0) is 44.2 Å². The van der Waals surface area contributed by atoms with Gasteiger partial charge in [0, 0.05) is 22.9 Å². The van der Waals surface area contributed by atoms with E-state index in [-0.39, 0.29) is 41.8 Å². The summed E-state index contributed by atoms with van der Waals surface area (Å²) in [6.45, 7) is 3.81. The molecule has 2 amide bonds. The molecule has 1 aliphatic carbocycles. The first-order chi connectivity index (χ1) is 12.5. The standard InChI is InChI=1S/C19H22FN3O3/c1-10-5-7-14(18(24)22-10)23-9-12-11(19(23)25)6-8-16(17(12)20)26-15-4-2-3-13(15)21/h6,8,13-15H,1-5,7,9,21H2,(H,22,24)/t13-,14?,15-/m0/s1. The Morgan fingerprint density at radius 2 is 2.08 bits per heavy atom. The maximum atomic E-state index is 15.0. The summed E-state index contributed by atoms with van der Waals surface area (Å²) >= 11 is 0. The summed E-state index contributed by atoms with van der Waals surface area (Å²) in [5.41, 5.74) is 7.22. The van der Waals surface area contributed by atoms with Crippen LogP contribution in [0.3, 0.4) is 0 Å². The first kappa shape index (κ1) is 17.0. The molecule has 1 saturated carbocycles. The molecule has 3 atom stereocenters. The zero-order valence-electron chi connectivity index (χ0n) is 14.5. The summed E-state index contributed by atoms with van der Waals surface area (Å²) in [6, 6.07) is 2.37. The van der Waals surface area contributed by atoms with Crippen molar-refractivity contribution in [3.8, 4) is 5.75 Å². The number of amides is 2. The van der Waals surface area contributed by atoms with Gasteiger partial charge in [-0.2, -0.15) is 0 Å². The number of fused-ring (bicyclic) bond motifs is 1. The number of halogens is 1. The van der Waals surface area contributed by atoms with Gasteiger partial charge in [-0.25, -0.2) is 4.39 Å². The topological polar surface area (TPSA) is 84.7 Å². The summed E-state index contributed by atoms with van der Waals surface area (Å²) in [5.74, 6) is -0.993. The van der Waals surface area contributed by atoms with Crippen LogP contribution in [0, 0.1) is 5.82 Å². The van der Waals surface area contributed by atoms with Gasteiger partial charge < -0.3 is 20.7 Å². The van der Waals surface area contributed by atoms with Crippen LogP contribution in [0.15, 0.2) is 24.4 Å². The summed E-state index contributed by atoms with van der Waals surface area (Å²) < 4.78 is 20.7. The third-order valence-electron chi connectivity index (χ3n) is 5.51. The van der Waals surface area contributed by atoms with Crippen molar-refractivity contribution in [1.82, 2.24) is 10.2 Å². The van der Waals surface area contributed by atoms with Gasteiger partial charge in [0.1, 0.15) is 12.1 Å². The Morgan fingerprint density at radius 1 is 1.27 bits per heavy atom. The number of benzene rings is 1. The molecule has 0 aromatic heterocycles. The van der Waals surface area contributed by atoms with Crippen LogP contribution < -0.4 is 15.8 Å². The average Bonchev–Trinajstić information content (AvgIpc) is 3.15. The van der Waals surface area contributed by atoms with E-state index in [9.17, 15) is 14.0 Å². The van der Waals surface area contributed by atoms with Crippen LogP contribution in [0.25, 0.3) is 0 Å². The van der Waals surface area contributed by atoms with Crippen LogP contribution in [0.2, 0.25) is 0 Å². The molecule has 1 saturated heterocycles. The second kappa shape index (κ2) is 6.39. The summed E-state index contributed by atoms with van der Waals surface area (Å²) in [7, 11) is 0. The second-order valence-corrected chi connectivity index (χ2v) is 7.24. The van der Waals surface area contributed by atoms with Crippen molar-refractivity contribution in [2.45, 2.75) is 56.8 Å². The van der Waals surface area contributed by atoms with Gasteiger partial charge in [-0.1, -0.05) is 6.58 Å². The lowest BCUT2D eigenvalue weighted by molar-refractivity contribution is -0.126. The molecule has 2 fully saturated rings. The molecule has 3 N–H and O–H groups in total. The molecule has 0 bridgehead atoms. The minimum absolute atomic E-state index is 0.0679. The van der Waals surface area contributed by atoms with Crippen LogP contribution in [0.5, 0.6) is 5.75 Å². The highest BCUT2D eigenvalue weighted by molar-refractivity contribution is 6.01. The predicted molar refractivity (Wildman–Crippen MR) is 92.8 cm³/mol. The largest absolute Gasteiger partial charge is 0.486 e. The van der Waals surface area contributed by atoms with E-state index in [1.807, 2.05) is 0 Å². The van der Waals surface area contributed by atoms with Crippen molar-refractivity contribution in [3.63, 3.8) is 0 Å². The Balaban J connectivity index is 1.57. The third kappa shape index (κ3) is 2.76. The maximum absolute atomic E-state index is 15.0. The Morgan fingerprint density at radius 3 is 2.77 bits per heavy atom. The van der Waals surface area contributed by atoms with Crippen molar-refractivity contribution in [2.24, 2.45) is 5.73 Å². The Bertz CT molecular complexity index is 794. The number of nitrogens with one attached hydrogen (secondary N) is 1. The number of carbonyl (C=O) groups excluding carboxylic acids is 2. The number of ether oxygens (including phenoxy) is 1. The van der Waals surface area contributed by atoms with Crippen molar-refractivity contribution in [2.75, 3.05) is 0 Å². The molecular weight excluding hydrogens is 337 g/mol. The van der Waals surface area contributed by atoms with E-state index in [2.05, 4.69) is 11.9 Å². The van der Waals surface area contributed by atoms with E-state index in [4.69, 9.17) is 10.5 Å². The summed E-state index contributed by atoms with van der Waals surface area (Å²) in [5, 5.41) is 2.67. The van der Waals surface area contributed by atoms with Crippen LogP contribution in [0.1, 0.15) is 48.0 Å². The third-order valence-corrected chi connectivity index (χ3v) is 5.51. The zero-order valence-corrected chi connectivity index (χ0v) is 14.5. The van der Waals surface area contributed by atoms with Crippen LogP contribution in [0.4, 0.5) is 4.39 Å². The quantitative estimate of drug-likeness (QED) is 0.862. The fraction of sp³-hybridized carbons (Fsp3) is 0.474. The van der Waals surface area contributed by atoms with E-state index in [0.29, 0.717) is 24.1 Å². The molecule has 6 nitrogen and oxygen atoms in total. The number of nitrogens with two attached hydrogens (primary N) is 1. The number of nitrogens with zero attached hydrogens (tertiary/aromatic N) is 1. The van der Waals surface area contributed by atoms with Gasteiger partial charge in [-0.3, -0.25) is 9.59 Å². The summed E-state index contributed by atoms with van der Waals surface area (Å²) in [6.07, 6.45) is 3.53. The van der Waals surface area contributed by atoms with Gasteiger partial charge >= 0.3 is 0 Å². The molecule has 0 spiro atoms. The molecule has 1 aromatic rings. The molecule has 0 radical (unpaired) electrons. The summed E-state index contributed by atoms with van der Waals surface area (Å²) in [4.78, 5) is 26.3. The van der Waals surface area contributed by atoms with Crippen molar-refractivity contribution in [3.05, 3.63) is 41.4 Å². The van der Waals surface area contributed by atoms with E-state index in [1.165, 1.54) is 11.0 Å². The van der Waals surface area contributed by atoms with Crippen LogP contribution >= 0.6 is 0 Å². The number of piperidine rings is 1. The molecule has 1 unspecified atom stereocenters. The molecular formula is C19H22FN3O3. The van der Waals surface area contributed by atoms with Gasteiger partial charge in [-0.15, -0.1) is 0 Å². The van der Waals surface area contributed by atoms with Crippen molar-refractivity contribution >= 4 is 11.8 Å². The van der Waals surface area contributed by atoms with Gasteiger partial charge in [0.15, 0.2) is 11.6 Å². The fourth-order valence-corrected chi connectivity index (χ4v) is 4.02. The van der Waals surface area contributed by atoms with E-state index >= 15 is 0 Å². The van der Waals surface area contributed by atoms with E-state index < -0.39 is 11.9 Å². The molecule has 2 heterocycles. The van der Waals surface area contributed by atoms with E-state index in [1.54, 1.807) is 6.07 Å². The monoisotopic (exact) mass is 359 g/mol. The van der Waals surface area contributed by atoms with Crippen molar-refractivity contribution < 1.29 is 18.7 Å². The van der Waals surface area contributed by atoms with Gasteiger partial charge in [0.05, 0.1) is 6.54 Å². The highest BCUT2D eigenvalue weighted by Gasteiger charge is 2.40. The second-order valence-electron chi connectivity index (χ2n) is 7.24. The molecule has 138 valence electrons. The SMILES string of the molecule is C=C1CCC(N2Cc3c(ccc(O[C@H]4CCC[C@@H]4N)c3F)C2=O)C(=O)N1. The zero-order chi connectivity index (χ0) is 18.4. The highest BCUT2D eigenvalue weighted by Crippen LogP contribution is 2.35. The van der Waals surface area contributed by atoms with Crippen LogP contribution in [-0.2, 0) is 11.3 Å². The van der Waals surface area contributed by atoms with E-state index in [0.717, 1.165) is 19.3 Å². The number of hydrogen-bond acceptors (Lipinski definition) is 4. The fourth-order valence-electron chi connectivity index (χ4n) is 4.02.